The van der Waals surface area contributed by atoms with Gasteiger partial charge in [-0.2, -0.15) is 13.2 Å². The fourth-order valence-electron chi connectivity index (χ4n) is 5.45. The van der Waals surface area contributed by atoms with E-state index >= 15 is 0 Å². The molecule has 2 rings (SSSR count). The molecule has 0 aromatic rings. The van der Waals surface area contributed by atoms with Crippen molar-refractivity contribution in [2.24, 2.45) is 22.5 Å². The van der Waals surface area contributed by atoms with E-state index in [-0.39, 0.29) is 13.0 Å². The van der Waals surface area contributed by atoms with Crippen molar-refractivity contribution in [3.05, 3.63) is 0 Å². The van der Waals surface area contributed by atoms with Gasteiger partial charge in [0.25, 0.3) is 5.91 Å². The molecule has 48 heavy (non-hydrogen) atoms. The summed E-state index contributed by atoms with van der Waals surface area (Å²) in [5.74, 6) is -4.85. The molecule has 15 heteroatoms. The summed E-state index contributed by atoms with van der Waals surface area (Å²) in [7, 11) is 0.989. The summed E-state index contributed by atoms with van der Waals surface area (Å²) in [6.07, 6.45) is 0.986. The lowest BCUT2D eigenvalue weighted by Crippen LogP contribution is -2.62. The van der Waals surface area contributed by atoms with E-state index in [2.05, 4.69) is 29.8 Å². The van der Waals surface area contributed by atoms with Gasteiger partial charge in [0.05, 0.1) is 12.1 Å². The number of nitrogens with zero attached hydrogens (tertiary/aromatic N) is 2. The number of rotatable bonds is 12. The second kappa shape index (κ2) is 17.8. The summed E-state index contributed by atoms with van der Waals surface area (Å²) < 4.78 is 38.9. The summed E-state index contributed by atoms with van der Waals surface area (Å²) in [5, 5.41) is 7.88. The fraction of sp³-hybridized carbons (Fsp3) is 0.818. The highest BCUT2D eigenvalue weighted by molar-refractivity contribution is 6.37. The molecule has 0 aromatic carbocycles. The third-order valence-corrected chi connectivity index (χ3v) is 8.59. The highest BCUT2D eigenvalue weighted by atomic mass is 19.4. The SMILES string of the molecule is CCC.CN(CC(NC(=O)NC(C(=O)N1CCCC1C(=O)NC(CCC1CCC1)C(=O)C(N)=O)C(C)(C)C)C(C)(C)C)C(=O)C(F)(F)F. The summed E-state index contributed by atoms with van der Waals surface area (Å²) >= 11 is 0. The van der Waals surface area contributed by atoms with Gasteiger partial charge in [0.1, 0.15) is 12.1 Å². The minimum absolute atomic E-state index is 0.207. The maximum atomic E-state index is 13.9. The molecule has 4 atom stereocenters. The van der Waals surface area contributed by atoms with Crippen molar-refractivity contribution in [1.82, 2.24) is 25.8 Å². The molecule has 12 nitrogen and oxygen atoms in total. The first-order valence-corrected chi connectivity index (χ1v) is 16.8. The Balaban J connectivity index is 0.00000369. The van der Waals surface area contributed by atoms with Crippen LogP contribution in [0.4, 0.5) is 18.0 Å². The Bertz CT molecular complexity index is 1150. The van der Waals surface area contributed by atoms with Gasteiger partial charge in [-0.05, 0) is 42.4 Å². The molecule has 1 aliphatic carbocycles. The molecule has 0 radical (unpaired) electrons. The molecular formula is C33H57F3N6O6. The molecular weight excluding hydrogens is 633 g/mol. The average Bonchev–Trinajstić information content (AvgIpc) is 3.42. The zero-order valence-electron chi connectivity index (χ0n) is 30.0. The third-order valence-electron chi connectivity index (χ3n) is 8.59. The van der Waals surface area contributed by atoms with Crippen molar-refractivity contribution >= 4 is 35.4 Å². The number of primary amides is 1. The van der Waals surface area contributed by atoms with Crippen LogP contribution in [0.25, 0.3) is 0 Å². The summed E-state index contributed by atoms with van der Waals surface area (Å²) in [5.41, 5.74) is 3.61. The molecule has 1 saturated heterocycles. The highest BCUT2D eigenvalue weighted by Crippen LogP contribution is 2.31. The first kappa shape index (κ1) is 42.6. The standard InChI is InChI=1S/C30H49F3N6O6.C3H8/c1-28(2,3)20(16-38(7)26(44)30(31,32)33)36-27(45)37-22(29(4,5)6)25(43)39-15-9-12-19(39)24(42)35-18(21(40)23(34)41)14-13-17-10-8-11-17;1-3-2/h17-20,22H,8-16H2,1-7H3,(H2,34,41)(H,35,42)(H2,36,37,45);3H2,1-2H3. The van der Waals surface area contributed by atoms with E-state index in [0.717, 1.165) is 26.3 Å². The van der Waals surface area contributed by atoms with Gasteiger partial charge in [0, 0.05) is 20.1 Å². The number of Topliss-reactive ketones (excluding diaryl/α,β-unsaturated/α-hetero) is 1. The number of likely N-dealkylation sites (tertiary alicyclic amines) is 1. The van der Waals surface area contributed by atoms with E-state index in [4.69, 9.17) is 5.73 Å². The van der Waals surface area contributed by atoms with Crippen molar-refractivity contribution < 1.29 is 41.9 Å². The van der Waals surface area contributed by atoms with E-state index < -0.39 is 83.2 Å². The number of urea groups is 1. The Morgan fingerprint density at radius 2 is 1.44 bits per heavy atom. The number of hydrogen-bond donors (Lipinski definition) is 4. The number of nitrogens with one attached hydrogen (secondary N) is 3. The minimum Gasteiger partial charge on any atom is -0.363 e. The minimum atomic E-state index is -5.08. The number of nitrogens with two attached hydrogens (primary N) is 1. The van der Waals surface area contributed by atoms with E-state index in [1.54, 1.807) is 41.5 Å². The van der Waals surface area contributed by atoms with Gasteiger partial charge in [0.2, 0.25) is 17.6 Å². The van der Waals surface area contributed by atoms with E-state index in [1.165, 1.54) is 11.3 Å². The number of hydrogen-bond acceptors (Lipinski definition) is 6. The lowest BCUT2D eigenvalue weighted by molar-refractivity contribution is -0.184. The van der Waals surface area contributed by atoms with Gasteiger partial charge in [-0.15, -0.1) is 0 Å². The lowest BCUT2D eigenvalue weighted by Gasteiger charge is -2.38. The molecule has 2 fully saturated rings. The van der Waals surface area contributed by atoms with Crippen LogP contribution < -0.4 is 21.7 Å². The first-order chi connectivity index (χ1) is 21.9. The zero-order chi connectivity index (χ0) is 37.2. The van der Waals surface area contributed by atoms with Crippen LogP contribution in [0.3, 0.4) is 0 Å². The molecule has 1 aliphatic heterocycles. The molecule has 0 aromatic heterocycles. The Hall–Kier alpha value is -3.39. The number of ketones is 1. The van der Waals surface area contributed by atoms with Crippen molar-refractivity contribution in [2.45, 2.75) is 137 Å². The van der Waals surface area contributed by atoms with Crippen molar-refractivity contribution in [1.29, 1.82) is 0 Å². The maximum absolute atomic E-state index is 13.9. The monoisotopic (exact) mass is 690 g/mol. The van der Waals surface area contributed by atoms with Gasteiger partial charge in [-0.1, -0.05) is 81.1 Å². The normalized spacial score (nSPS) is 18.7. The number of likely N-dealkylation sites (N-methyl/N-ethyl adjacent to an activating group) is 1. The van der Waals surface area contributed by atoms with E-state index in [0.29, 0.717) is 30.1 Å². The Morgan fingerprint density at radius 1 is 0.875 bits per heavy atom. The van der Waals surface area contributed by atoms with Crippen LogP contribution in [0, 0.1) is 16.7 Å². The van der Waals surface area contributed by atoms with Crippen LogP contribution in [-0.4, -0.2) is 95.7 Å². The van der Waals surface area contributed by atoms with Gasteiger partial charge >= 0.3 is 18.1 Å². The highest BCUT2D eigenvalue weighted by Gasteiger charge is 2.45. The Labute approximate surface area is 282 Å². The topological polar surface area (TPSA) is 171 Å². The molecule has 1 saturated carbocycles. The smallest absolute Gasteiger partial charge is 0.363 e. The fourth-order valence-corrected chi connectivity index (χ4v) is 5.45. The number of alkyl halides is 3. The number of amides is 6. The second-order valence-corrected chi connectivity index (χ2v) is 15.1. The third kappa shape index (κ3) is 12.9. The quantitative estimate of drug-likeness (QED) is 0.228. The van der Waals surface area contributed by atoms with Gasteiger partial charge in [-0.25, -0.2) is 4.79 Å². The molecule has 2 aliphatic rings. The molecule has 1 heterocycles. The number of carbonyl (C=O) groups excluding carboxylic acids is 6. The molecule has 0 bridgehead atoms. The van der Waals surface area contributed by atoms with Crippen LogP contribution in [0.1, 0.15) is 107 Å². The molecule has 4 unspecified atom stereocenters. The summed E-state index contributed by atoms with van der Waals surface area (Å²) in [6, 6.07) is -4.97. The van der Waals surface area contributed by atoms with Gasteiger partial charge < -0.3 is 31.5 Å². The largest absolute Gasteiger partial charge is 0.471 e. The van der Waals surface area contributed by atoms with Crippen LogP contribution >= 0.6 is 0 Å². The molecule has 0 spiro atoms. The Morgan fingerprint density at radius 3 is 1.88 bits per heavy atom. The van der Waals surface area contributed by atoms with Crippen LogP contribution in [0.15, 0.2) is 0 Å². The maximum Gasteiger partial charge on any atom is 0.471 e. The van der Waals surface area contributed by atoms with E-state index in [1.807, 2.05) is 0 Å². The zero-order valence-corrected chi connectivity index (χ0v) is 30.0. The molecule has 5 N–H and O–H groups in total. The van der Waals surface area contributed by atoms with Gasteiger partial charge in [-0.3, -0.25) is 24.0 Å². The van der Waals surface area contributed by atoms with Crippen LogP contribution in [-0.2, 0) is 24.0 Å². The predicted molar refractivity (Wildman–Crippen MR) is 175 cm³/mol. The lowest BCUT2D eigenvalue weighted by atomic mass is 9.81. The van der Waals surface area contributed by atoms with Crippen molar-refractivity contribution in [3.8, 4) is 0 Å². The Kier molecular flexibility index (Phi) is 15.8. The number of carbonyl (C=O) groups is 6. The summed E-state index contributed by atoms with van der Waals surface area (Å²) in [6.45, 7) is 14.2. The van der Waals surface area contributed by atoms with Crippen molar-refractivity contribution in [2.75, 3.05) is 20.1 Å². The van der Waals surface area contributed by atoms with Crippen LogP contribution in [0.5, 0.6) is 0 Å². The molecule has 276 valence electrons. The predicted octanol–water partition coefficient (Wildman–Crippen LogP) is 3.66. The second-order valence-electron chi connectivity index (χ2n) is 15.1. The van der Waals surface area contributed by atoms with E-state index in [9.17, 15) is 41.9 Å². The first-order valence-electron chi connectivity index (χ1n) is 16.8. The number of halogens is 3. The van der Waals surface area contributed by atoms with Crippen LogP contribution in [0.2, 0.25) is 0 Å². The van der Waals surface area contributed by atoms with Gasteiger partial charge in [0.15, 0.2) is 0 Å². The average molecular weight is 691 g/mol. The molecule has 6 amide bonds. The van der Waals surface area contributed by atoms with Crippen molar-refractivity contribution in [3.63, 3.8) is 0 Å². The summed E-state index contributed by atoms with van der Waals surface area (Å²) in [4.78, 5) is 78.2.